The maximum absolute atomic E-state index is 6.79. The largest absolute Gasteiger partial charge is 0.487 e. The zero-order valence-corrected chi connectivity index (χ0v) is 26.8. The highest BCUT2D eigenvalue weighted by atomic mass is 31.2. The van der Waals surface area contributed by atoms with E-state index >= 15 is 0 Å². The molecule has 0 N–H and O–H groups in total. The van der Waals surface area contributed by atoms with Crippen LogP contribution in [0.3, 0.4) is 0 Å². The predicted molar refractivity (Wildman–Crippen MR) is 180 cm³/mol. The van der Waals surface area contributed by atoms with Crippen LogP contribution in [0.2, 0.25) is 0 Å². The lowest BCUT2D eigenvalue weighted by molar-refractivity contribution is 0.0523. The van der Waals surface area contributed by atoms with Crippen LogP contribution in [-0.2, 0) is 6.42 Å². The fraction of sp³-hybridized carbons (Fsp3) is 0.385. The first kappa shape index (κ1) is 29.6. The van der Waals surface area contributed by atoms with Crippen molar-refractivity contribution in [2.45, 2.75) is 91.6 Å². The van der Waals surface area contributed by atoms with Crippen molar-refractivity contribution >= 4 is 23.2 Å². The van der Waals surface area contributed by atoms with E-state index in [1.54, 1.807) is 0 Å². The molecular weight excluding hydrogens is 515 g/mol. The molecule has 214 valence electrons. The normalized spacial score (nSPS) is 16.7. The van der Waals surface area contributed by atoms with Gasteiger partial charge in [0, 0.05) is 0 Å². The van der Waals surface area contributed by atoms with Crippen LogP contribution in [0.5, 0.6) is 5.75 Å². The second-order valence-electron chi connectivity index (χ2n) is 12.4. The van der Waals surface area contributed by atoms with E-state index in [1.165, 1.54) is 87.7 Å². The summed E-state index contributed by atoms with van der Waals surface area (Å²) < 4.78 is 6.79. The molecule has 0 saturated carbocycles. The Kier molecular flexibility index (Phi) is 9.35. The number of hydrogen-bond acceptors (Lipinski definition) is 1. The number of rotatable bonds is 11. The molecule has 5 rings (SSSR count). The highest BCUT2D eigenvalue weighted by molar-refractivity contribution is 7.95. The second kappa shape index (κ2) is 13.0. The van der Waals surface area contributed by atoms with E-state index in [4.69, 9.17) is 4.74 Å². The molecule has 0 fully saturated rings. The highest BCUT2D eigenvalue weighted by Gasteiger charge is 2.44. The summed E-state index contributed by atoms with van der Waals surface area (Å²) in [6.07, 6.45) is 11.0. The lowest BCUT2D eigenvalue weighted by Crippen LogP contribution is -2.37. The Morgan fingerprint density at radius 1 is 0.585 bits per heavy atom. The van der Waals surface area contributed by atoms with Gasteiger partial charge in [0.1, 0.15) is 34.5 Å². The molecule has 1 aliphatic rings. The average molecular weight is 564 g/mol. The Morgan fingerprint density at radius 3 is 1.59 bits per heavy atom. The molecule has 0 aliphatic carbocycles. The summed E-state index contributed by atoms with van der Waals surface area (Å²) in [5, 5.41) is 4.49. The van der Waals surface area contributed by atoms with Crippen LogP contribution in [0.15, 0.2) is 91.0 Å². The third kappa shape index (κ3) is 6.17. The van der Waals surface area contributed by atoms with Gasteiger partial charge in [0.15, 0.2) is 0 Å². The SMILES string of the molecule is Cc1c(C)c(C)c2c(c1C)CCC(C)(CCCCCCC[P+](c1ccccc1)(c1ccccc1)c1ccccc1)O2. The monoisotopic (exact) mass is 563 g/mol. The third-order valence-electron chi connectivity index (χ3n) is 9.80. The maximum Gasteiger partial charge on any atom is 0.126 e. The summed E-state index contributed by atoms with van der Waals surface area (Å²) in [5.74, 6) is 1.18. The Labute approximate surface area is 249 Å². The minimum atomic E-state index is -1.71. The van der Waals surface area contributed by atoms with Crippen LogP contribution in [0.25, 0.3) is 0 Å². The minimum Gasteiger partial charge on any atom is -0.487 e. The van der Waals surface area contributed by atoms with Gasteiger partial charge in [-0.2, -0.15) is 0 Å². The van der Waals surface area contributed by atoms with E-state index in [9.17, 15) is 0 Å². The van der Waals surface area contributed by atoms with Crippen molar-refractivity contribution in [3.63, 3.8) is 0 Å². The summed E-state index contributed by atoms with van der Waals surface area (Å²) in [6, 6.07) is 33.9. The van der Waals surface area contributed by atoms with Crippen LogP contribution in [0.1, 0.15) is 79.7 Å². The summed E-state index contributed by atoms with van der Waals surface area (Å²) in [7, 11) is -1.71. The Balaban J connectivity index is 1.21. The number of hydrogen-bond donors (Lipinski definition) is 0. The minimum absolute atomic E-state index is 0.0412. The molecule has 4 aromatic carbocycles. The average Bonchev–Trinajstić information content (AvgIpc) is 3.02. The summed E-state index contributed by atoms with van der Waals surface area (Å²) in [4.78, 5) is 0. The van der Waals surface area contributed by atoms with E-state index in [2.05, 4.69) is 126 Å². The van der Waals surface area contributed by atoms with E-state index in [0.29, 0.717) is 0 Å². The molecule has 2 heteroatoms. The van der Waals surface area contributed by atoms with Gasteiger partial charge in [-0.05, 0) is 137 Å². The first-order chi connectivity index (χ1) is 19.9. The second-order valence-corrected chi connectivity index (χ2v) is 16.0. The van der Waals surface area contributed by atoms with E-state index in [1.807, 2.05) is 0 Å². The zero-order chi connectivity index (χ0) is 28.9. The van der Waals surface area contributed by atoms with Crippen LogP contribution < -0.4 is 20.7 Å². The van der Waals surface area contributed by atoms with Crippen LogP contribution in [-0.4, -0.2) is 11.8 Å². The number of benzene rings is 4. The van der Waals surface area contributed by atoms with Crippen molar-refractivity contribution < 1.29 is 4.74 Å². The molecule has 1 unspecified atom stereocenters. The molecule has 0 spiro atoms. The number of ether oxygens (including phenoxy) is 1. The molecule has 0 aromatic heterocycles. The molecule has 0 bridgehead atoms. The van der Waals surface area contributed by atoms with Crippen LogP contribution in [0.4, 0.5) is 0 Å². The molecule has 0 amide bonds. The standard InChI is InChI=1S/C39H48OP/c1-30-31(2)33(4)38-37(32(30)3)26-28-39(5,40-38)27-18-7-6-8-19-29-41(34-20-12-9-13-21-34,35-22-14-10-15-23-35)36-24-16-11-17-25-36/h9-17,20-25H,6-8,18-19,26-29H2,1-5H3/q+1. The number of unbranched alkanes of at least 4 members (excludes halogenated alkanes) is 4. The van der Waals surface area contributed by atoms with Gasteiger partial charge in [0.05, 0.1) is 6.16 Å². The van der Waals surface area contributed by atoms with Crippen molar-refractivity contribution in [3.8, 4) is 5.75 Å². The van der Waals surface area contributed by atoms with Crippen LogP contribution >= 0.6 is 7.26 Å². The molecule has 4 aromatic rings. The first-order valence-electron chi connectivity index (χ1n) is 15.7. The topological polar surface area (TPSA) is 9.23 Å². The van der Waals surface area contributed by atoms with Crippen molar-refractivity contribution in [2.75, 3.05) is 6.16 Å². The van der Waals surface area contributed by atoms with Gasteiger partial charge in [-0.15, -0.1) is 0 Å². The first-order valence-corrected chi connectivity index (χ1v) is 17.7. The van der Waals surface area contributed by atoms with E-state index in [-0.39, 0.29) is 5.60 Å². The van der Waals surface area contributed by atoms with Gasteiger partial charge >= 0.3 is 0 Å². The lowest BCUT2D eigenvalue weighted by atomic mass is 9.83. The number of fused-ring (bicyclic) bond motifs is 1. The molecule has 1 atom stereocenters. The maximum atomic E-state index is 6.79. The van der Waals surface area contributed by atoms with Gasteiger partial charge < -0.3 is 4.74 Å². The Bertz CT molecular complexity index is 1330. The highest BCUT2D eigenvalue weighted by Crippen LogP contribution is 2.56. The molecule has 1 aliphatic heterocycles. The van der Waals surface area contributed by atoms with Gasteiger partial charge in [-0.3, -0.25) is 0 Å². The van der Waals surface area contributed by atoms with Crippen molar-refractivity contribution in [1.29, 1.82) is 0 Å². The Hall–Kier alpha value is -2.89. The smallest absolute Gasteiger partial charge is 0.126 e. The summed E-state index contributed by atoms with van der Waals surface area (Å²) in [6.45, 7) is 11.4. The molecule has 0 radical (unpaired) electrons. The van der Waals surface area contributed by atoms with Gasteiger partial charge in [0.25, 0.3) is 0 Å². The Morgan fingerprint density at radius 2 is 1.05 bits per heavy atom. The summed E-state index contributed by atoms with van der Waals surface area (Å²) >= 11 is 0. The molecule has 41 heavy (non-hydrogen) atoms. The van der Waals surface area contributed by atoms with E-state index < -0.39 is 7.26 Å². The summed E-state index contributed by atoms with van der Waals surface area (Å²) in [5.41, 5.74) is 7.02. The molecule has 0 saturated heterocycles. The van der Waals surface area contributed by atoms with Crippen molar-refractivity contribution in [3.05, 3.63) is 119 Å². The van der Waals surface area contributed by atoms with Crippen molar-refractivity contribution in [1.82, 2.24) is 0 Å². The molecule has 1 heterocycles. The molecular formula is C39H48OP+. The van der Waals surface area contributed by atoms with Gasteiger partial charge in [-0.1, -0.05) is 67.4 Å². The third-order valence-corrected chi connectivity index (χ3v) is 14.3. The van der Waals surface area contributed by atoms with Crippen molar-refractivity contribution in [2.24, 2.45) is 0 Å². The zero-order valence-electron chi connectivity index (χ0n) is 25.9. The fourth-order valence-corrected chi connectivity index (χ4v) is 11.3. The lowest BCUT2D eigenvalue weighted by Gasteiger charge is -2.38. The molecule has 1 nitrogen and oxygen atoms in total. The van der Waals surface area contributed by atoms with Gasteiger partial charge in [-0.25, -0.2) is 0 Å². The predicted octanol–water partition coefficient (Wildman–Crippen LogP) is 9.34. The quantitative estimate of drug-likeness (QED) is 0.130. The fourth-order valence-electron chi connectivity index (χ4n) is 6.92. The van der Waals surface area contributed by atoms with Crippen LogP contribution in [0, 0.1) is 27.7 Å². The van der Waals surface area contributed by atoms with E-state index in [0.717, 1.165) is 19.3 Å². The van der Waals surface area contributed by atoms with Gasteiger partial charge in [0.2, 0.25) is 0 Å².